The Labute approximate surface area is 155 Å². The molecule has 0 saturated heterocycles. The van der Waals surface area contributed by atoms with Crippen LogP contribution in [0, 0.1) is 17.6 Å². The van der Waals surface area contributed by atoms with Gasteiger partial charge in [0.25, 0.3) is 0 Å². The number of thioether (sulfide) groups is 1. The molecule has 1 aromatic carbocycles. The second-order valence-electron chi connectivity index (χ2n) is 6.25. The highest BCUT2D eigenvalue weighted by atomic mass is 32.2. The summed E-state index contributed by atoms with van der Waals surface area (Å²) >= 11 is 1.59. The molecule has 0 bridgehead atoms. The second-order valence-corrected chi connectivity index (χ2v) is 7.85. The number of ether oxygens (including phenoxy) is 1. The maximum absolute atomic E-state index is 14.2. The summed E-state index contributed by atoms with van der Waals surface area (Å²) in [6.45, 7) is 5.52. The highest BCUT2D eigenvalue weighted by molar-refractivity contribution is 7.99. The Morgan fingerprint density at radius 3 is 2.46 bits per heavy atom. The number of carbonyl (C=O) groups is 1. The summed E-state index contributed by atoms with van der Waals surface area (Å²) in [5, 5.41) is 10.1. The minimum atomic E-state index is -1.02. The number of hydrogen-bond donors (Lipinski definition) is 1. The molecule has 0 aliphatic carbocycles. The van der Waals surface area contributed by atoms with Gasteiger partial charge in [0.05, 0.1) is 16.6 Å². The van der Waals surface area contributed by atoms with Crippen LogP contribution in [0.15, 0.2) is 35.4 Å². The van der Waals surface area contributed by atoms with Crippen molar-refractivity contribution in [3.63, 3.8) is 0 Å². The molecular weight excluding hydrogens is 360 g/mol. The van der Waals surface area contributed by atoms with E-state index in [-0.39, 0.29) is 18.6 Å². The van der Waals surface area contributed by atoms with Crippen LogP contribution < -0.4 is 4.74 Å². The van der Waals surface area contributed by atoms with Gasteiger partial charge < -0.3 is 9.84 Å². The van der Waals surface area contributed by atoms with Gasteiger partial charge in [-0.1, -0.05) is 26.8 Å². The largest absolute Gasteiger partial charge is 0.481 e. The van der Waals surface area contributed by atoms with Crippen molar-refractivity contribution in [2.24, 2.45) is 5.92 Å². The van der Waals surface area contributed by atoms with Crippen molar-refractivity contribution in [3.8, 4) is 5.75 Å². The third kappa shape index (κ3) is 5.69. The average molecular weight is 381 g/mol. The lowest BCUT2D eigenvalue weighted by atomic mass is 10.0. The molecule has 0 fully saturated rings. The minimum absolute atomic E-state index is 0.0412. The molecule has 0 saturated carbocycles. The van der Waals surface area contributed by atoms with Crippen molar-refractivity contribution < 1.29 is 23.4 Å². The molecule has 1 unspecified atom stereocenters. The highest BCUT2D eigenvalue weighted by Crippen LogP contribution is 2.26. The van der Waals surface area contributed by atoms with Crippen LogP contribution in [0.5, 0.6) is 5.75 Å². The lowest BCUT2D eigenvalue weighted by Gasteiger charge is -2.12. The van der Waals surface area contributed by atoms with Crippen LogP contribution in [-0.4, -0.2) is 21.3 Å². The summed E-state index contributed by atoms with van der Waals surface area (Å²) in [5.41, 5.74) is 0.841. The molecule has 1 atom stereocenters. The number of aliphatic carboxylic acids is 1. The van der Waals surface area contributed by atoms with E-state index in [9.17, 15) is 13.6 Å². The smallest absolute Gasteiger partial charge is 0.306 e. The quantitative estimate of drug-likeness (QED) is 0.672. The molecule has 0 aliphatic rings. The lowest BCUT2D eigenvalue weighted by Crippen LogP contribution is -2.12. The van der Waals surface area contributed by atoms with E-state index in [2.05, 4.69) is 4.98 Å². The lowest BCUT2D eigenvalue weighted by molar-refractivity contribution is -0.141. The Kier molecular flexibility index (Phi) is 6.97. The van der Waals surface area contributed by atoms with Crippen LogP contribution in [0.3, 0.4) is 0 Å². The summed E-state index contributed by atoms with van der Waals surface area (Å²) in [4.78, 5) is 15.3. The number of carboxylic acid groups (broad SMARTS) is 1. The summed E-state index contributed by atoms with van der Waals surface area (Å²) in [5.74, 6) is -3.95. The first-order chi connectivity index (χ1) is 12.3. The summed E-state index contributed by atoms with van der Waals surface area (Å²) < 4.78 is 33.6. The van der Waals surface area contributed by atoms with Gasteiger partial charge in [-0.2, -0.15) is 0 Å². The molecule has 0 aliphatic heterocycles. The van der Waals surface area contributed by atoms with Gasteiger partial charge in [-0.15, -0.1) is 11.8 Å². The number of nitrogens with zero attached hydrogens (tertiary/aromatic N) is 1. The van der Waals surface area contributed by atoms with Crippen molar-refractivity contribution in [1.29, 1.82) is 0 Å². The Morgan fingerprint density at radius 2 is 1.88 bits per heavy atom. The topological polar surface area (TPSA) is 59.4 Å². The van der Waals surface area contributed by atoms with Crippen molar-refractivity contribution in [2.75, 3.05) is 0 Å². The van der Waals surface area contributed by atoms with Crippen molar-refractivity contribution in [2.45, 2.75) is 44.1 Å². The first-order valence-corrected chi connectivity index (χ1v) is 9.10. The van der Waals surface area contributed by atoms with Gasteiger partial charge in [-0.3, -0.25) is 4.79 Å². The predicted molar refractivity (Wildman–Crippen MR) is 96.4 cm³/mol. The van der Waals surface area contributed by atoms with E-state index in [1.165, 1.54) is 6.92 Å². The van der Waals surface area contributed by atoms with E-state index < -0.39 is 29.3 Å². The van der Waals surface area contributed by atoms with E-state index in [1.54, 1.807) is 17.8 Å². The molecule has 2 aromatic rings. The zero-order valence-corrected chi connectivity index (χ0v) is 15.6. The molecule has 2 rings (SSSR count). The van der Waals surface area contributed by atoms with Crippen LogP contribution in [0.25, 0.3) is 0 Å². The average Bonchev–Trinajstić information content (AvgIpc) is 2.53. The monoisotopic (exact) mass is 381 g/mol. The van der Waals surface area contributed by atoms with Crippen molar-refractivity contribution >= 4 is 17.7 Å². The molecule has 26 heavy (non-hydrogen) atoms. The third-order valence-electron chi connectivity index (χ3n) is 3.52. The SMILES string of the molecule is CC(C)Sc1cccc(COc2c(F)cc(CC(C)C(=O)O)cc2F)n1. The summed E-state index contributed by atoms with van der Waals surface area (Å²) in [6.07, 6.45) is 0.0412. The normalized spacial score (nSPS) is 12.2. The number of aromatic nitrogens is 1. The molecule has 140 valence electrons. The fourth-order valence-electron chi connectivity index (χ4n) is 2.30. The molecule has 1 heterocycles. The molecule has 1 aromatic heterocycles. The van der Waals surface area contributed by atoms with Crippen molar-refractivity contribution in [1.82, 2.24) is 4.98 Å². The molecule has 4 nitrogen and oxygen atoms in total. The van der Waals surface area contributed by atoms with Crippen LogP contribution in [0.2, 0.25) is 0 Å². The fraction of sp³-hybridized carbons (Fsp3) is 0.368. The zero-order valence-electron chi connectivity index (χ0n) is 14.8. The van der Waals surface area contributed by atoms with Crippen molar-refractivity contribution in [3.05, 3.63) is 53.2 Å². The Morgan fingerprint density at radius 1 is 1.23 bits per heavy atom. The zero-order chi connectivity index (χ0) is 19.3. The van der Waals surface area contributed by atoms with Crippen LogP contribution in [-0.2, 0) is 17.8 Å². The van der Waals surface area contributed by atoms with Crippen LogP contribution in [0.4, 0.5) is 8.78 Å². The minimum Gasteiger partial charge on any atom is -0.481 e. The first kappa shape index (κ1) is 20.2. The number of halogens is 2. The first-order valence-electron chi connectivity index (χ1n) is 8.22. The van der Waals surface area contributed by atoms with Gasteiger partial charge >= 0.3 is 5.97 Å². The van der Waals surface area contributed by atoms with Gasteiger partial charge in [0.2, 0.25) is 0 Å². The van der Waals surface area contributed by atoms with Gasteiger partial charge in [0.15, 0.2) is 17.4 Å². The van der Waals surface area contributed by atoms with Gasteiger partial charge in [-0.25, -0.2) is 13.8 Å². The highest BCUT2D eigenvalue weighted by Gasteiger charge is 2.17. The molecule has 1 N–H and O–H groups in total. The predicted octanol–water partition coefficient (Wildman–Crippen LogP) is 4.70. The second kappa shape index (κ2) is 8.98. The third-order valence-corrected chi connectivity index (χ3v) is 4.46. The Hall–Kier alpha value is -2.15. The van der Waals surface area contributed by atoms with Gasteiger partial charge in [-0.05, 0) is 36.2 Å². The van der Waals surface area contributed by atoms with Gasteiger partial charge in [0.1, 0.15) is 6.61 Å². The van der Waals surface area contributed by atoms with Crippen LogP contribution >= 0.6 is 11.8 Å². The fourth-order valence-corrected chi connectivity index (χ4v) is 3.11. The van der Waals surface area contributed by atoms with E-state index in [4.69, 9.17) is 9.84 Å². The molecule has 0 amide bonds. The van der Waals surface area contributed by atoms with Crippen LogP contribution in [0.1, 0.15) is 32.0 Å². The number of benzene rings is 1. The number of rotatable bonds is 8. The number of pyridine rings is 1. The molecule has 0 spiro atoms. The number of carboxylic acids is 1. The number of hydrogen-bond acceptors (Lipinski definition) is 4. The molecule has 7 heteroatoms. The maximum Gasteiger partial charge on any atom is 0.306 e. The molecular formula is C19H21F2NO3S. The Balaban J connectivity index is 2.09. The molecule has 0 radical (unpaired) electrons. The van der Waals surface area contributed by atoms with E-state index >= 15 is 0 Å². The van der Waals surface area contributed by atoms with E-state index in [0.717, 1.165) is 17.2 Å². The van der Waals surface area contributed by atoms with Gasteiger partial charge in [0, 0.05) is 5.25 Å². The van der Waals surface area contributed by atoms with E-state index in [0.29, 0.717) is 10.9 Å². The standard InChI is InChI=1S/C19H21F2NO3S/c1-11(2)26-17-6-4-5-14(22-17)10-25-18-15(20)8-13(9-16(18)21)7-12(3)19(23)24/h4-6,8-9,11-12H,7,10H2,1-3H3,(H,23,24). The Bertz CT molecular complexity index is 760. The maximum atomic E-state index is 14.2. The van der Waals surface area contributed by atoms with E-state index in [1.807, 2.05) is 26.0 Å². The summed E-state index contributed by atoms with van der Waals surface area (Å²) in [7, 11) is 0. The summed E-state index contributed by atoms with van der Waals surface area (Å²) in [6, 6.07) is 7.63.